The number of fused-ring (bicyclic) bond motifs is 1. The van der Waals surface area contributed by atoms with Gasteiger partial charge in [0.05, 0.1) is 28.1 Å². The molecule has 5 rings (SSSR count). The van der Waals surface area contributed by atoms with E-state index in [1.165, 1.54) is 19.9 Å². The molecule has 45 heavy (non-hydrogen) atoms. The predicted octanol–water partition coefficient (Wildman–Crippen LogP) is 4.43. The van der Waals surface area contributed by atoms with Crippen LogP contribution in [0.3, 0.4) is 0 Å². The molecule has 8 unspecified atom stereocenters. The van der Waals surface area contributed by atoms with Gasteiger partial charge in [-0.1, -0.05) is 48.5 Å². The van der Waals surface area contributed by atoms with Crippen LogP contribution in [0.1, 0.15) is 70.3 Å². The van der Waals surface area contributed by atoms with Crippen molar-refractivity contribution in [2.75, 3.05) is 0 Å². The van der Waals surface area contributed by atoms with E-state index in [1.807, 2.05) is 30.3 Å². The second kappa shape index (κ2) is 11.7. The van der Waals surface area contributed by atoms with Crippen molar-refractivity contribution >= 4 is 30.0 Å². The van der Waals surface area contributed by atoms with Crippen LogP contribution in [0, 0.1) is 11.3 Å². The van der Waals surface area contributed by atoms with Crippen LogP contribution in [0.2, 0.25) is 0 Å². The smallest absolute Gasteiger partial charge is 0.338 e. The highest BCUT2D eigenvalue weighted by atomic mass is 16.6. The molecular formula is C35H40O10. The molecule has 0 radical (unpaired) electrons. The Morgan fingerprint density at radius 1 is 0.822 bits per heavy atom. The lowest BCUT2D eigenvalue weighted by Crippen LogP contribution is -2.81. The molecule has 1 saturated heterocycles. The van der Waals surface area contributed by atoms with Gasteiger partial charge in [0, 0.05) is 19.9 Å². The Bertz CT molecular complexity index is 1480. The number of hydrogen-bond donors (Lipinski definition) is 1. The lowest BCUT2D eigenvalue weighted by atomic mass is 9.47. The average molecular weight is 621 g/mol. The molecule has 2 aliphatic carbocycles. The molecule has 2 aromatic rings. The molecule has 2 bridgehead atoms. The second-order valence-corrected chi connectivity index (χ2v) is 13.0. The van der Waals surface area contributed by atoms with E-state index in [-0.39, 0.29) is 18.4 Å². The standard InChI is InChI=1S/C35H40O10/c1-21(36)41-25-19-20-33(5,40)35-29(42-22(2)37)27(32(3,4)45-35)28(43-26(38)18-17-23-13-9-7-10-14-23)30(34(25,35)6)44-31(39)24-15-11-8-12-16-24/h7-18,25,27-30,40H,19-20H2,1-6H3. The largest absolute Gasteiger partial charge is 0.462 e. The average Bonchev–Trinajstić information content (AvgIpc) is 3.18. The van der Waals surface area contributed by atoms with Crippen molar-refractivity contribution in [1.82, 2.24) is 0 Å². The molecule has 0 aromatic heterocycles. The lowest BCUT2D eigenvalue weighted by Gasteiger charge is -2.65. The molecule has 0 amide bonds. The highest BCUT2D eigenvalue weighted by molar-refractivity contribution is 5.90. The summed E-state index contributed by atoms with van der Waals surface area (Å²) in [5.74, 6) is -3.61. The maximum Gasteiger partial charge on any atom is 0.338 e. The highest BCUT2D eigenvalue weighted by Gasteiger charge is 2.85. The van der Waals surface area contributed by atoms with Gasteiger partial charge in [-0.25, -0.2) is 9.59 Å². The topological polar surface area (TPSA) is 135 Å². The van der Waals surface area contributed by atoms with Gasteiger partial charge in [0.1, 0.15) is 23.9 Å². The predicted molar refractivity (Wildman–Crippen MR) is 161 cm³/mol. The van der Waals surface area contributed by atoms with Crippen LogP contribution in [-0.4, -0.2) is 70.2 Å². The van der Waals surface area contributed by atoms with Crippen molar-refractivity contribution in [3.63, 3.8) is 0 Å². The van der Waals surface area contributed by atoms with Gasteiger partial charge in [0.15, 0.2) is 6.10 Å². The first-order valence-electron chi connectivity index (χ1n) is 15.1. The molecule has 2 saturated carbocycles. The monoisotopic (exact) mass is 620 g/mol. The second-order valence-electron chi connectivity index (χ2n) is 13.0. The number of rotatable bonds is 7. The van der Waals surface area contributed by atoms with E-state index in [4.69, 9.17) is 23.7 Å². The normalized spacial score (nSPS) is 34.8. The maximum atomic E-state index is 13.7. The van der Waals surface area contributed by atoms with Gasteiger partial charge in [-0.3, -0.25) is 9.59 Å². The van der Waals surface area contributed by atoms with Gasteiger partial charge in [-0.15, -0.1) is 0 Å². The number of carbonyl (C=O) groups is 4. The number of esters is 4. The molecule has 1 spiro atoms. The van der Waals surface area contributed by atoms with Crippen LogP contribution in [0.5, 0.6) is 0 Å². The SMILES string of the molecule is CC(=O)OC1CCC(C)(O)C23OC(C)(C)C(C(OC(=O)C=Cc4ccccc4)C(OC(=O)c4ccccc4)C12C)C3OC(C)=O. The zero-order valence-corrected chi connectivity index (χ0v) is 26.4. The summed E-state index contributed by atoms with van der Waals surface area (Å²) in [5, 5.41) is 12.2. The number of hydrogen-bond acceptors (Lipinski definition) is 10. The number of ether oxygens (including phenoxy) is 5. The maximum absolute atomic E-state index is 13.7. The minimum absolute atomic E-state index is 0.116. The Morgan fingerprint density at radius 2 is 1.42 bits per heavy atom. The summed E-state index contributed by atoms with van der Waals surface area (Å²) in [6.07, 6.45) is -1.59. The zero-order chi connectivity index (χ0) is 32.8. The molecular weight excluding hydrogens is 580 g/mol. The van der Waals surface area contributed by atoms with Crippen LogP contribution >= 0.6 is 0 Å². The van der Waals surface area contributed by atoms with Crippen LogP contribution in [-0.2, 0) is 38.1 Å². The van der Waals surface area contributed by atoms with E-state index in [0.717, 1.165) is 5.56 Å². The molecule has 10 nitrogen and oxygen atoms in total. The van der Waals surface area contributed by atoms with Gasteiger partial charge in [-0.05, 0) is 64.3 Å². The molecule has 10 heteroatoms. The number of benzene rings is 2. The van der Waals surface area contributed by atoms with Crippen LogP contribution < -0.4 is 0 Å². The van der Waals surface area contributed by atoms with E-state index < -0.39 is 76.4 Å². The van der Waals surface area contributed by atoms with E-state index in [9.17, 15) is 24.3 Å². The molecule has 1 aliphatic heterocycles. The summed E-state index contributed by atoms with van der Waals surface area (Å²) in [5.41, 5.74) is -5.18. The Labute approximate surface area is 262 Å². The zero-order valence-electron chi connectivity index (χ0n) is 26.4. The van der Waals surface area contributed by atoms with E-state index in [1.54, 1.807) is 64.1 Å². The van der Waals surface area contributed by atoms with Crippen molar-refractivity contribution < 1.29 is 48.0 Å². The first kappa shape index (κ1) is 32.4. The van der Waals surface area contributed by atoms with Gasteiger partial charge in [0.2, 0.25) is 0 Å². The molecule has 1 heterocycles. The Hall–Kier alpha value is -4.02. The summed E-state index contributed by atoms with van der Waals surface area (Å²) in [4.78, 5) is 52.4. The minimum Gasteiger partial charge on any atom is -0.462 e. The van der Waals surface area contributed by atoms with Gasteiger partial charge >= 0.3 is 23.9 Å². The fourth-order valence-corrected chi connectivity index (χ4v) is 7.90. The summed E-state index contributed by atoms with van der Waals surface area (Å²) < 4.78 is 31.2. The van der Waals surface area contributed by atoms with E-state index in [0.29, 0.717) is 0 Å². The third kappa shape index (κ3) is 5.44. The van der Waals surface area contributed by atoms with E-state index in [2.05, 4.69) is 0 Å². The fraction of sp³-hybridized carbons (Fsp3) is 0.486. The third-order valence-corrected chi connectivity index (χ3v) is 9.67. The minimum atomic E-state index is -1.75. The number of carbonyl (C=O) groups excluding carboxylic acids is 4. The van der Waals surface area contributed by atoms with Crippen LogP contribution in [0.4, 0.5) is 0 Å². The van der Waals surface area contributed by atoms with Gasteiger partial charge in [-0.2, -0.15) is 0 Å². The number of aliphatic hydroxyl groups is 1. The Kier molecular flexibility index (Phi) is 8.44. The molecule has 3 aliphatic rings. The van der Waals surface area contributed by atoms with Crippen molar-refractivity contribution in [2.24, 2.45) is 11.3 Å². The first-order chi connectivity index (χ1) is 21.1. The molecule has 3 fully saturated rings. The summed E-state index contributed by atoms with van der Waals surface area (Å²) >= 11 is 0. The third-order valence-electron chi connectivity index (χ3n) is 9.67. The Morgan fingerprint density at radius 3 is 2.02 bits per heavy atom. The van der Waals surface area contributed by atoms with E-state index >= 15 is 0 Å². The highest BCUT2D eigenvalue weighted by Crippen LogP contribution is 2.69. The lowest BCUT2D eigenvalue weighted by molar-refractivity contribution is -0.336. The Balaban J connectivity index is 1.71. The van der Waals surface area contributed by atoms with Gasteiger partial charge < -0.3 is 28.8 Å². The van der Waals surface area contributed by atoms with Crippen LogP contribution in [0.25, 0.3) is 6.08 Å². The van der Waals surface area contributed by atoms with Crippen molar-refractivity contribution in [3.05, 3.63) is 77.9 Å². The molecule has 8 atom stereocenters. The first-order valence-corrected chi connectivity index (χ1v) is 15.1. The summed E-state index contributed by atoms with van der Waals surface area (Å²) in [7, 11) is 0. The van der Waals surface area contributed by atoms with Crippen molar-refractivity contribution in [3.8, 4) is 0 Å². The van der Waals surface area contributed by atoms with Crippen molar-refractivity contribution in [2.45, 2.75) is 95.6 Å². The summed E-state index contributed by atoms with van der Waals surface area (Å²) in [6.45, 7) is 9.25. The molecule has 240 valence electrons. The quantitative estimate of drug-likeness (QED) is 0.269. The molecule has 1 N–H and O–H groups in total. The molecule has 2 aromatic carbocycles. The fourth-order valence-electron chi connectivity index (χ4n) is 7.90. The van der Waals surface area contributed by atoms with Gasteiger partial charge in [0.25, 0.3) is 0 Å². The summed E-state index contributed by atoms with van der Waals surface area (Å²) in [6, 6.07) is 17.5. The van der Waals surface area contributed by atoms with Crippen LogP contribution in [0.15, 0.2) is 66.7 Å². The van der Waals surface area contributed by atoms with Crippen molar-refractivity contribution in [1.29, 1.82) is 0 Å².